The van der Waals surface area contributed by atoms with Crippen molar-refractivity contribution in [1.82, 2.24) is 4.98 Å². The lowest BCUT2D eigenvalue weighted by Gasteiger charge is -2.07. The van der Waals surface area contributed by atoms with Gasteiger partial charge in [0.25, 0.3) is 0 Å². The summed E-state index contributed by atoms with van der Waals surface area (Å²) < 4.78 is 6.06. The molecular weight excluding hydrogens is 501 g/mol. The molecule has 166 valence electrons. The predicted molar refractivity (Wildman–Crippen MR) is 143 cm³/mol. The van der Waals surface area contributed by atoms with Crippen molar-refractivity contribution in [1.29, 1.82) is 0 Å². The first kappa shape index (κ1) is 23.6. The molecule has 0 fully saturated rings. The summed E-state index contributed by atoms with van der Waals surface area (Å²) in [6.07, 6.45) is 4.10. The second-order valence-electron chi connectivity index (χ2n) is 7.20. The number of carbonyl (C=O) groups excluding carboxylic acids is 1. The summed E-state index contributed by atoms with van der Waals surface area (Å²) in [5.74, 6) is 1.29. The molecule has 0 saturated heterocycles. The molecule has 0 atom stereocenters. The largest absolute Gasteiger partial charge is 0.464 e. The molecule has 0 amide bonds. The van der Waals surface area contributed by atoms with Crippen molar-refractivity contribution in [2.75, 3.05) is 19.6 Å². The average Bonchev–Trinajstić information content (AvgIpc) is 3.35. The number of benzene rings is 2. The number of H-pyrrole nitrogens is 1. The zero-order valence-corrected chi connectivity index (χ0v) is 21.7. The van der Waals surface area contributed by atoms with Crippen LogP contribution in [0, 0.1) is 0 Å². The zero-order valence-electron chi connectivity index (χ0n) is 17.8. The molecule has 0 aliphatic carbocycles. The van der Waals surface area contributed by atoms with Crippen molar-refractivity contribution < 1.29 is 9.53 Å². The molecular formula is C24H21Cl2NO2S3. The van der Waals surface area contributed by atoms with Crippen molar-refractivity contribution in [2.24, 2.45) is 0 Å². The number of rotatable bonds is 7. The van der Waals surface area contributed by atoms with E-state index in [9.17, 15) is 4.79 Å². The number of ether oxygens (including phenoxy) is 1. The topological polar surface area (TPSA) is 42.1 Å². The fourth-order valence-corrected chi connectivity index (χ4v) is 6.56. The first-order valence-electron chi connectivity index (χ1n) is 9.75. The van der Waals surface area contributed by atoms with E-state index in [1.807, 2.05) is 30.5 Å². The highest BCUT2D eigenvalue weighted by Gasteiger charge is 2.24. The summed E-state index contributed by atoms with van der Waals surface area (Å²) in [5.41, 5.74) is 7.20. The van der Waals surface area contributed by atoms with Crippen LogP contribution in [0.5, 0.6) is 0 Å². The number of carbonyl (C=O) groups is 1. The van der Waals surface area contributed by atoms with Gasteiger partial charge in [0.15, 0.2) is 0 Å². The second kappa shape index (κ2) is 10.1. The number of aromatic nitrogens is 1. The standard InChI is InChI=1S/C24H21Cl2NO2S3/c1-29-24(28)22-20(14-5-7-16(11-31-3)19(26)9-14)23-21(27-22)17(12-32-23)13-4-6-15(10-30-2)18(25)8-13/h4-9,12,27H,10-11H2,1-3H3. The minimum absolute atomic E-state index is 0.410. The van der Waals surface area contributed by atoms with E-state index >= 15 is 0 Å². The maximum Gasteiger partial charge on any atom is 0.355 e. The molecule has 0 unspecified atom stereocenters. The van der Waals surface area contributed by atoms with Crippen LogP contribution >= 0.6 is 58.1 Å². The van der Waals surface area contributed by atoms with E-state index in [2.05, 4.69) is 28.8 Å². The number of aromatic amines is 1. The van der Waals surface area contributed by atoms with E-state index in [0.29, 0.717) is 10.7 Å². The van der Waals surface area contributed by atoms with E-state index < -0.39 is 5.97 Å². The molecule has 0 saturated carbocycles. The smallest absolute Gasteiger partial charge is 0.355 e. The van der Waals surface area contributed by atoms with Crippen LogP contribution in [0.3, 0.4) is 0 Å². The van der Waals surface area contributed by atoms with E-state index in [0.717, 1.165) is 60.1 Å². The molecule has 4 rings (SSSR count). The molecule has 32 heavy (non-hydrogen) atoms. The monoisotopic (exact) mass is 521 g/mol. The van der Waals surface area contributed by atoms with Crippen molar-refractivity contribution in [3.63, 3.8) is 0 Å². The van der Waals surface area contributed by atoms with Gasteiger partial charge in [0.1, 0.15) is 5.69 Å². The summed E-state index contributed by atoms with van der Waals surface area (Å²) in [6, 6.07) is 12.1. The van der Waals surface area contributed by atoms with Crippen LogP contribution in [0.1, 0.15) is 21.6 Å². The Morgan fingerprint density at radius 2 is 1.59 bits per heavy atom. The van der Waals surface area contributed by atoms with Gasteiger partial charge < -0.3 is 9.72 Å². The van der Waals surface area contributed by atoms with Gasteiger partial charge in [0.05, 0.1) is 17.3 Å². The maximum absolute atomic E-state index is 12.6. The molecule has 1 N–H and O–H groups in total. The van der Waals surface area contributed by atoms with Crippen LogP contribution in [0.4, 0.5) is 0 Å². The molecule has 3 nitrogen and oxygen atoms in total. The van der Waals surface area contributed by atoms with Gasteiger partial charge in [-0.15, -0.1) is 11.3 Å². The number of nitrogens with one attached hydrogen (secondary N) is 1. The average molecular weight is 523 g/mol. The Balaban J connectivity index is 1.88. The highest BCUT2D eigenvalue weighted by Crippen LogP contribution is 2.43. The fourth-order valence-electron chi connectivity index (χ4n) is 3.67. The Morgan fingerprint density at radius 3 is 2.16 bits per heavy atom. The molecule has 0 aliphatic rings. The van der Waals surface area contributed by atoms with Gasteiger partial charge in [-0.25, -0.2) is 4.79 Å². The van der Waals surface area contributed by atoms with Gasteiger partial charge in [-0.3, -0.25) is 0 Å². The van der Waals surface area contributed by atoms with Crippen LogP contribution in [-0.2, 0) is 16.2 Å². The number of thiophene rings is 1. The number of fused-ring (bicyclic) bond motifs is 1. The Labute approximate surface area is 209 Å². The summed E-state index contributed by atoms with van der Waals surface area (Å²) in [6.45, 7) is 0. The number of methoxy groups -OCH3 is 1. The Morgan fingerprint density at radius 1 is 1.00 bits per heavy atom. The van der Waals surface area contributed by atoms with Gasteiger partial charge in [0.2, 0.25) is 0 Å². The number of esters is 1. The van der Waals surface area contributed by atoms with Gasteiger partial charge >= 0.3 is 5.97 Å². The van der Waals surface area contributed by atoms with E-state index in [-0.39, 0.29) is 0 Å². The Hall–Kier alpha value is -1.57. The predicted octanol–water partition coefficient (Wildman–Crippen LogP) is 8.38. The fraction of sp³-hybridized carbons (Fsp3) is 0.208. The van der Waals surface area contributed by atoms with E-state index in [1.165, 1.54) is 7.11 Å². The molecule has 2 heterocycles. The lowest BCUT2D eigenvalue weighted by Crippen LogP contribution is -2.03. The lowest BCUT2D eigenvalue weighted by molar-refractivity contribution is 0.0596. The van der Waals surface area contributed by atoms with Crippen LogP contribution in [-0.4, -0.2) is 30.6 Å². The molecule has 2 aromatic heterocycles. The summed E-state index contributed by atoms with van der Waals surface area (Å²) in [7, 11) is 1.39. The number of hydrogen-bond donors (Lipinski definition) is 1. The third-order valence-corrected chi connectivity index (χ3v) is 8.11. The van der Waals surface area contributed by atoms with E-state index in [4.69, 9.17) is 27.9 Å². The molecule has 0 bridgehead atoms. The lowest BCUT2D eigenvalue weighted by atomic mass is 10.0. The summed E-state index contributed by atoms with van der Waals surface area (Å²) in [5, 5.41) is 3.53. The van der Waals surface area contributed by atoms with Gasteiger partial charge in [-0.05, 0) is 46.9 Å². The zero-order chi connectivity index (χ0) is 22.8. The molecule has 0 aliphatic heterocycles. The van der Waals surface area contributed by atoms with Crippen molar-refractivity contribution in [3.05, 3.63) is 68.6 Å². The molecule has 8 heteroatoms. The maximum atomic E-state index is 12.6. The third kappa shape index (κ3) is 4.44. The van der Waals surface area contributed by atoms with Crippen LogP contribution in [0.25, 0.3) is 32.5 Å². The number of thioether (sulfide) groups is 2. The Kier molecular flexibility index (Phi) is 7.47. The van der Waals surface area contributed by atoms with Crippen molar-refractivity contribution >= 4 is 74.2 Å². The van der Waals surface area contributed by atoms with Gasteiger partial charge in [-0.1, -0.05) is 47.5 Å². The van der Waals surface area contributed by atoms with Crippen LogP contribution < -0.4 is 0 Å². The first-order valence-corrected chi connectivity index (χ1v) is 14.2. The normalized spacial score (nSPS) is 11.3. The van der Waals surface area contributed by atoms with Crippen LogP contribution in [0.2, 0.25) is 10.0 Å². The highest BCUT2D eigenvalue weighted by atomic mass is 35.5. The first-order chi connectivity index (χ1) is 15.5. The van der Waals surface area contributed by atoms with Gasteiger partial charge in [0, 0.05) is 38.1 Å². The SMILES string of the molecule is COC(=O)c1[nH]c2c(-c3ccc(CSC)c(Cl)c3)csc2c1-c1ccc(CSC)c(Cl)c1. The molecule has 2 aromatic carbocycles. The van der Waals surface area contributed by atoms with E-state index in [1.54, 1.807) is 34.9 Å². The van der Waals surface area contributed by atoms with Gasteiger partial charge in [-0.2, -0.15) is 23.5 Å². The van der Waals surface area contributed by atoms with Crippen molar-refractivity contribution in [3.8, 4) is 22.3 Å². The summed E-state index contributed by atoms with van der Waals surface area (Å²) in [4.78, 5) is 16.0. The number of hydrogen-bond acceptors (Lipinski definition) is 5. The summed E-state index contributed by atoms with van der Waals surface area (Å²) >= 11 is 18.1. The quantitative estimate of drug-likeness (QED) is 0.248. The molecule has 0 spiro atoms. The highest BCUT2D eigenvalue weighted by molar-refractivity contribution is 7.98. The Bertz CT molecular complexity index is 1300. The van der Waals surface area contributed by atoms with Crippen molar-refractivity contribution in [2.45, 2.75) is 11.5 Å². The number of halogens is 2. The third-order valence-electron chi connectivity index (χ3n) is 5.21. The minimum Gasteiger partial charge on any atom is -0.464 e. The minimum atomic E-state index is -0.410. The molecule has 0 radical (unpaired) electrons. The second-order valence-corrected chi connectivity index (χ2v) is 10.6. The molecule has 4 aromatic rings. The van der Waals surface area contributed by atoms with Crippen LogP contribution in [0.15, 0.2) is 41.8 Å².